The van der Waals surface area contributed by atoms with Gasteiger partial charge in [0.05, 0.1) is 32.1 Å². The maximum atomic E-state index is 14.0. The van der Waals surface area contributed by atoms with Gasteiger partial charge in [-0.1, -0.05) is 12.1 Å². The second-order valence-corrected chi connectivity index (χ2v) is 8.13. The average Bonchev–Trinajstić information content (AvgIpc) is 3.20. The molecule has 0 spiro atoms. The van der Waals surface area contributed by atoms with Crippen molar-refractivity contribution in [3.63, 3.8) is 0 Å². The molecule has 3 unspecified atom stereocenters. The monoisotopic (exact) mass is 487 g/mol. The molecule has 8 nitrogen and oxygen atoms in total. The van der Waals surface area contributed by atoms with Crippen LogP contribution in [-0.2, 0) is 18.0 Å². The number of hydrogen-bond acceptors (Lipinski definition) is 8. The maximum Gasteiger partial charge on any atom is 0.134 e. The van der Waals surface area contributed by atoms with E-state index in [0.717, 1.165) is 11.3 Å². The number of anilines is 1. The SMILES string of the molecule is COc1ccc(COCc2cc(F)ccc2N/C(=C\C(N)Cl)C(O)C2=CC(C#N)NN2C)cc1. The number of benzene rings is 2. The fraction of sp³-hybridized carbons (Fsp3) is 0.292. The first kappa shape index (κ1) is 25.5. The number of alkyl halides is 1. The molecule has 10 heteroatoms. The molecule has 34 heavy (non-hydrogen) atoms. The zero-order valence-corrected chi connectivity index (χ0v) is 19.6. The predicted molar refractivity (Wildman–Crippen MR) is 128 cm³/mol. The zero-order chi connectivity index (χ0) is 24.7. The normalized spacial score (nSPS) is 17.7. The van der Waals surface area contributed by atoms with E-state index >= 15 is 0 Å². The van der Waals surface area contributed by atoms with Crippen LogP contribution in [0.4, 0.5) is 10.1 Å². The summed E-state index contributed by atoms with van der Waals surface area (Å²) in [5, 5.41) is 24.8. The lowest BCUT2D eigenvalue weighted by molar-refractivity contribution is 0.107. The number of ether oxygens (including phenoxy) is 2. The van der Waals surface area contributed by atoms with Gasteiger partial charge in [-0.25, -0.2) is 9.82 Å². The third-order valence-corrected chi connectivity index (χ3v) is 5.27. The zero-order valence-electron chi connectivity index (χ0n) is 18.8. The van der Waals surface area contributed by atoms with Crippen LogP contribution in [0.3, 0.4) is 0 Å². The van der Waals surface area contributed by atoms with Crippen molar-refractivity contribution < 1.29 is 19.0 Å². The van der Waals surface area contributed by atoms with Crippen molar-refractivity contribution in [3.05, 3.63) is 83.0 Å². The molecule has 0 saturated heterocycles. The van der Waals surface area contributed by atoms with E-state index in [1.807, 2.05) is 24.3 Å². The third-order valence-electron chi connectivity index (χ3n) is 5.14. The highest BCUT2D eigenvalue weighted by Gasteiger charge is 2.28. The minimum atomic E-state index is -1.17. The first-order valence-electron chi connectivity index (χ1n) is 10.5. The van der Waals surface area contributed by atoms with Crippen LogP contribution in [0.1, 0.15) is 11.1 Å². The quantitative estimate of drug-likeness (QED) is 0.298. The number of hydrazine groups is 1. The molecule has 3 atom stereocenters. The van der Waals surface area contributed by atoms with E-state index in [1.165, 1.54) is 18.2 Å². The molecule has 0 radical (unpaired) electrons. The van der Waals surface area contributed by atoms with E-state index in [1.54, 1.807) is 31.3 Å². The average molecular weight is 488 g/mol. The van der Waals surface area contributed by atoms with Crippen LogP contribution in [0, 0.1) is 17.1 Å². The van der Waals surface area contributed by atoms with Gasteiger partial charge in [0.2, 0.25) is 0 Å². The summed E-state index contributed by atoms with van der Waals surface area (Å²) in [6, 6.07) is 13.1. The van der Waals surface area contributed by atoms with Crippen molar-refractivity contribution in [2.24, 2.45) is 5.73 Å². The predicted octanol–water partition coefficient (Wildman–Crippen LogP) is 2.96. The Bertz CT molecular complexity index is 1090. The second-order valence-electron chi connectivity index (χ2n) is 7.62. The number of rotatable bonds is 10. The highest BCUT2D eigenvalue weighted by atomic mass is 35.5. The van der Waals surface area contributed by atoms with Gasteiger partial charge in [-0.3, -0.25) is 0 Å². The van der Waals surface area contributed by atoms with Gasteiger partial charge in [-0.15, -0.1) is 11.6 Å². The molecule has 3 rings (SSSR count). The summed E-state index contributed by atoms with van der Waals surface area (Å²) in [6.45, 7) is 0.430. The van der Waals surface area contributed by atoms with Crippen molar-refractivity contribution in [1.82, 2.24) is 10.4 Å². The second kappa shape index (κ2) is 11.8. The number of aliphatic hydroxyl groups excluding tert-OH is 1. The lowest BCUT2D eigenvalue weighted by Gasteiger charge is -2.25. The molecular formula is C24H27ClFN5O3. The van der Waals surface area contributed by atoms with Gasteiger partial charge in [0.1, 0.15) is 29.2 Å². The Balaban J connectivity index is 1.77. The number of nitrogens with one attached hydrogen (secondary N) is 2. The summed E-state index contributed by atoms with van der Waals surface area (Å²) in [6.07, 6.45) is 1.88. The number of aliphatic hydroxyl groups is 1. The van der Waals surface area contributed by atoms with E-state index in [9.17, 15) is 9.50 Å². The number of hydrogen-bond donors (Lipinski definition) is 4. The van der Waals surface area contributed by atoms with Gasteiger partial charge in [0.25, 0.3) is 0 Å². The van der Waals surface area contributed by atoms with Crippen LogP contribution in [0.25, 0.3) is 0 Å². The van der Waals surface area contributed by atoms with Gasteiger partial charge in [0.15, 0.2) is 0 Å². The molecule has 0 amide bonds. The number of halogens is 2. The molecule has 0 saturated carbocycles. The smallest absolute Gasteiger partial charge is 0.134 e. The Morgan fingerprint density at radius 1 is 1.35 bits per heavy atom. The van der Waals surface area contributed by atoms with E-state index in [0.29, 0.717) is 23.6 Å². The number of likely N-dealkylation sites (N-methyl/N-ethyl adjacent to an activating group) is 1. The Labute approximate surface area is 203 Å². The molecule has 0 aromatic heterocycles. The number of methoxy groups -OCH3 is 1. The van der Waals surface area contributed by atoms with Crippen LogP contribution < -0.4 is 21.2 Å². The standard InChI is InChI=1S/C24H27ClFN5O3/c1-31-22(10-18(12-27)30-31)24(32)21(11-23(25)28)29-20-8-5-17(26)9-16(20)14-34-13-15-3-6-19(33-2)7-4-15/h3-11,18,23-24,29-30,32H,13-14,28H2,1-2H3/b21-11-. The van der Waals surface area contributed by atoms with Gasteiger partial charge < -0.3 is 30.6 Å². The molecule has 180 valence electrons. The molecule has 0 aliphatic carbocycles. The highest BCUT2D eigenvalue weighted by Crippen LogP contribution is 2.25. The molecule has 1 heterocycles. The minimum absolute atomic E-state index is 0.114. The molecular weight excluding hydrogens is 461 g/mol. The Kier molecular flexibility index (Phi) is 8.87. The molecule has 2 aromatic rings. The van der Waals surface area contributed by atoms with Crippen LogP contribution in [0.5, 0.6) is 5.75 Å². The lowest BCUT2D eigenvalue weighted by atomic mass is 10.1. The Morgan fingerprint density at radius 3 is 2.71 bits per heavy atom. The van der Waals surface area contributed by atoms with Crippen LogP contribution in [0.2, 0.25) is 0 Å². The number of nitrogens with zero attached hydrogens (tertiary/aromatic N) is 2. The number of nitriles is 1. The van der Waals surface area contributed by atoms with Crippen molar-refractivity contribution >= 4 is 17.3 Å². The summed E-state index contributed by atoms with van der Waals surface area (Å²) in [7, 11) is 3.28. The molecule has 0 bridgehead atoms. The van der Waals surface area contributed by atoms with E-state index < -0.39 is 23.5 Å². The van der Waals surface area contributed by atoms with Crippen molar-refractivity contribution in [3.8, 4) is 11.8 Å². The van der Waals surface area contributed by atoms with Gasteiger partial charge in [-0.05, 0) is 48.0 Å². The summed E-state index contributed by atoms with van der Waals surface area (Å²) >= 11 is 5.98. The fourth-order valence-corrected chi connectivity index (χ4v) is 3.57. The summed E-state index contributed by atoms with van der Waals surface area (Å²) < 4.78 is 25.0. The Hall–Kier alpha value is -3.13. The van der Waals surface area contributed by atoms with Gasteiger partial charge in [-0.2, -0.15) is 5.26 Å². The van der Waals surface area contributed by atoms with E-state index in [2.05, 4.69) is 16.8 Å². The molecule has 2 aromatic carbocycles. The highest BCUT2D eigenvalue weighted by molar-refractivity contribution is 6.21. The van der Waals surface area contributed by atoms with E-state index in [-0.39, 0.29) is 12.3 Å². The lowest BCUT2D eigenvalue weighted by Crippen LogP contribution is -2.37. The van der Waals surface area contributed by atoms with Crippen molar-refractivity contribution in [1.29, 1.82) is 5.26 Å². The first-order chi connectivity index (χ1) is 16.3. The first-order valence-corrected chi connectivity index (χ1v) is 10.9. The van der Waals surface area contributed by atoms with Gasteiger partial charge in [0, 0.05) is 24.0 Å². The topological polar surface area (TPSA) is 116 Å². The van der Waals surface area contributed by atoms with Crippen LogP contribution >= 0.6 is 11.6 Å². The summed E-state index contributed by atoms with van der Waals surface area (Å²) in [5.74, 6) is 0.322. The molecule has 1 aliphatic rings. The van der Waals surface area contributed by atoms with E-state index in [4.69, 9.17) is 32.1 Å². The van der Waals surface area contributed by atoms with Crippen LogP contribution in [-0.4, -0.2) is 41.9 Å². The van der Waals surface area contributed by atoms with Gasteiger partial charge >= 0.3 is 0 Å². The largest absolute Gasteiger partial charge is 0.497 e. The minimum Gasteiger partial charge on any atom is -0.497 e. The van der Waals surface area contributed by atoms with Crippen molar-refractivity contribution in [2.75, 3.05) is 19.5 Å². The maximum absolute atomic E-state index is 14.0. The molecule has 5 N–H and O–H groups in total. The molecule has 0 fully saturated rings. The Morgan fingerprint density at radius 2 is 2.09 bits per heavy atom. The third kappa shape index (κ3) is 6.70. The number of nitrogens with two attached hydrogens (primary N) is 1. The molecule has 1 aliphatic heterocycles. The van der Waals surface area contributed by atoms with Crippen LogP contribution in [0.15, 0.2) is 66.0 Å². The summed E-state index contributed by atoms with van der Waals surface area (Å²) in [4.78, 5) is 0. The fourth-order valence-electron chi connectivity index (χ4n) is 3.44. The van der Waals surface area contributed by atoms with Crippen molar-refractivity contribution in [2.45, 2.75) is 30.9 Å². The summed E-state index contributed by atoms with van der Waals surface area (Å²) in [5.41, 5.74) is 10.5.